The van der Waals surface area contributed by atoms with Crippen molar-refractivity contribution < 1.29 is 9.53 Å². The lowest BCUT2D eigenvalue weighted by molar-refractivity contribution is -0.0754. The lowest BCUT2D eigenvalue weighted by atomic mass is 9.90. The summed E-state index contributed by atoms with van der Waals surface area (Å²) >= 11 is 0. The molecule has 0 bridgehead atoms. The third kappa shape index (κ3) is 2.21. The van der Waals surface area contributed by atoms with Crippen LogP contribution in [0.5, 0.6) is 0 Å². The van der Waals surface area contributed by atoms with Gasteiger partial charge in [-0.25, -0.2) is 0 Å². The minimum absolute atomic E-state index is 0.0316. The Hall–Kier alpha value is -1.56. The van der Waals surface area contributed by atoms with Crippen molar-refractivity contribution in [3.05, 3.63) is 11.4 Å². The molecule has 2 atom stereocenters. The number of hydrogen-bond donors (Lipinski definition) is 2. The highest BCUT2D eigenvalue weighted by molar-refractivity contribution is 5.98. The zero-order valence-corrected chi connectivity index (χ0v) is 12.2. The number of nitrogens with one attached hydrogen (secondary N) is 1. The third-order valence-electron chi connectivity index (χ3n) is 5.01. The number of fused-ring (bicyclic) bond motifs is 1. The Morgan fingerprint density at radius 3 is 2.90 bits per heavy atom. The summed E-state index contributed by atoms with van der Waals surface area (Å²) in [5.41, 5.74) is 8.06. The predicted octanol–water partition coefficient (Wildman–Crippen LogP) is 1.65. The highest BCUT2D eigenvalue weighted by Gasteiger charge is 2.39. The molecular weight excluding hydrogens is 268 g/mol. The van der Waals surface area contributed by atoms with Crippen molar-refractivity contribution in [1.82, 2.24) is 15.1 Å². The summed E-state index contributed by atoms with van der Waals surface area (Å²) in [6.07, 6.45) is 6.91. The first kappa shape index (κ1) is 13.1. The second-order valence-corrected chi connectivity index (χ2v) is 6.43. The van der Waals surface area contributed by atoms with Gasteiger partial charge in [0.1, 0.15) is 0 Å². The molecule has 1 saturated heterocycles. The molecule has 0 aromatic carbocycles. The van der Waals surface area contributed by atoms with Crippen LogP contribution in [-0.2, 0) is 4.74 Å². The number of morpholine rings is 1. The first-order valence-corrected chi connectivity index (χ1v) is 8.02. The molecule has 6 nitrogen and oxygen atoms in total. The molecule has 6 heteroatoms. The molecule has 1 amide bonds. The van der Waals surface area contributed by atoms with Crippen molar-refractivity contribution in [3.63, 3.8) is 0 Å². The molecular formula is C15H22N4O2. The Labute approximate surface area is 124 Å². The number of aromatic nitrogens is 2. The molecule has 3 N–H and O–H groups in total. The van der Waals surface area contributed by atoms with Gasteiger partial charge in [0.25, 0.3) is 5.91 Å². The van der Waals surface area contributed by atoms with Crippen LogP contribution in [0.1, 0.15) is 60.6 Å². The molecule has 1 aromatic rings. The lowest BCUT2D eigenvalue weighted by Gasteiger charge is -2.43. The van der Waals surface area contributed by atoms with Crippen molar-refractivity contribution in [1.29, 1.82) is 0 Å². The first-order chi connectivity index (χ1) is 10.3. The van der Waals surface area contributed by atoms with Gasteiger partial charge in [-0.3, -0.25) is 9.89 Å². The number of rotatable bonds is 2. The number of hydrogen-bond acceptors (Lipinski definition) is 4. The van der Waals surface area contributed by atoms with Gasteiger partial charge < -0.3 is 15.4 Å². The van der Waals surface area contributed by atoms with Gasteiger partial charge in [-0.05, 0) is 25.7 Å². The highest BCUT2D eigenvalue weighted by atomic mass is 16.5. The maximum Gasteiger partial charge on any atom is 0.276 e. The van der Waals surface area contributed by atoms with Crippen molar-refractivity contribution >= 4 is 11.6 Å². The van der Waals surface area contributed by atoms with Crippen LogP contribution in [0.2, 0.25) is 0 Å². The van der Waals surface area contributed by atoms with Gasteiger partial charge in [-0.2, -0.15) is 5.10 Å². The first-order valence-electron chi connectivity index (χ1n) is 8.02. The number of nitrogens with two attached hydrogens (primary N) is 1. The number of amides is 1. The molecule has 0 spiro atoms. The summed E-state index contributed by atoms with van der Waals surface area (Å²) < 4.78 is 5.83. The van der Waals surface area contributed by atoms with E-state index in [1.54, 1.807) is 0 Å². The van der Waals surface area contributed by atoms with Crippen LogP contribution in [0, 0.1) is 0 Å². The minimum Gasteiger partial charge on any atom is -0.395 e. The molecule has 2 saturated carbocycles. The van der Waals surface area contributed by atoms with Gasteiger partial charge in [0.15, 0.2) is 5.69 Å². The minimum atomic E-state index is -0.0316. The van der Waals surface area contributed by atoms with E-state index in [-0.39, 0.29) is 18.1 Å². The average molecular weight is 290 g/mol. The Balaban J connectivity index is 1.58. The maximum absolute atomic E-state index is 12.8. The van der Waals surface area contributed by atoms with E-state index in [9.17, 15) is 4.79 Å². The SMILES string of the molecule is Nc1c(C(=O)N2CCOC3CCCCC32)n[nH]c1C1CC1. The second-order valence-electron chi connectivity index (χ2n) is 6.43. The molecule has 1 aliphatic heterocycles. The molecule has 114 valence electrons. The van der Waals surface area contributed by atoms with Crippen molar-refractivity contribution in [2.45, 2.75) is 56.6 Å². The summed E-state index contributed by atoms with van der Waals surface area (Å²) in [6.45, 7) is 1.26. The number of ether oxygens (including phenoxy) is 1. The van der Waals surface area contributed by atoms with Crippen LogP contribution in [0.15, 0.2) is 0 Å². The van der Waals surface area contributed by atoms with E-state index < -0.39 is 0 Å². The quantitative estimate of drug-likeness (QED) is 0.867. The van der Waals surface area contributed by atoms with Crippen molar-refractivity contribution in [3.8, 4) is 0 Å². The van der Waals surface area contributed by atoms with Crippen molar-refractivity contribution in [2.24, 2.45) is 0 Å². The molecule has 0 radical (unpaired) electrons. The molecule has 21 heavy (non-hydrogen) atoms. The smallest absolute Gasteiger partial charge is 0.276 e. The molecule has 2 heterocycles. The van der Waals surface area contributed by atoms with E-state index in [2.05, 4.69) is 10.2 Å². The summed E-state index contributed by atoms with van der Waals surface area (Å²) in [5.74, 6) is 0.446. The van der Waals surface area contributed by atoms with Gasteiger partial charge in [0, 0.05) is 12.5 Å². The summed E-state index contributed by atoms with van der Waals surface area (Å²) in [7, 11) is 0. The fourth-order valence-electron chi connectivity index (χ4n) is 3.70. The number of aromatic amines is 1. The predicted molar refractivity (Wildman–Crippen MR) is 78.0 cm³/mol. The van der Waals surface area contributed by atoms with E-state index in [0.717, 1.165) is 37.8 Å². The van der Waals surface area contributed by atoms with E-state index >= 15 is 0 Å². The Bertz CT molecular complexity index is 550. The number of nitrogen functional groups attached to an aromatic ring is 1. The largest absolute Gasteiger partial charge is 0.395 e. The fraction of sp³-hybridized carbons (Fsp3) is 0.733. The molecule has 2 unspecified atom stereocenters. The van der Waals surface area contributed by atoms with Crippen LogP contribution < -0.4 is 5.73 Å². The van der Waals surface area contributed by atoms with Gasteiger partial charge >= 0.3 is 0 Å². The van der Waals surface area contributed by atoms with Crippen LogP contribution in [0.25, 0.3) is 0 Å². The Kier molecular flexibility index (Phi) is 3.14. The van der Waals surface area contributed by atoms with Gasteiger partial charge in [-0.1, -0.05) is 12.8 Å². The fourth-order valence-corrected chi connectivity index (χ4v) is 3.70. The average Bonchev–Trinajstić information content (AvgIpc) is 3.29. The van der Waals surface area contributed by atoms with E-state index in [4.69, 9.17) is 10.5 Å². The molecule has 2 aliphatic carbocycles. The number of nitrogens with zero attached hydrogens (tertiary/aromatic N) is 2. The standard InChI is InChI=1S/C15H22N4O2/c16-12-13(9-5-6-9)17-18-14(12)15(20)19-7-8-21-11-4-2-1-3-10(11)19/h9-11H,1-8,16H2,(H,17,18). The van der Waals surface area contributed by atoms with Gasteiger partial charge in [-0.15, -0.1) is 0 Å². The van der Waals surface area contributed by atoms with Gasteiger partial charge in [0.05, 0.1) is 30.1 Å². The monoisotopic (exact) mass is 290 g/mol. The zero-order chi connectivity index (χ0) is 14.4. The zero-order valence-electron chi connectivity index (χ0n) is 12.2. The van der Waals surface area contributed by atoms with Crippen LogP contribution in [0.3, 0.4) is 0 Å². The molecule has 4 rings (SSSR count). The van der Waals surface area contributed by atoms with E-state index in [1.165, 1.54) is 6.42 Å². The number of anilines is 1. The van der Waals surface area contributed by atoms with Crippen molar-refractivity contribution in [2.75, 3.05) is 18.9 Å². The normalized spacial score (nSPS) is 29.2. The van der Waals surface area contributed by atoms with E-state index in [1.807, 2.05) is 4.90 Å². The summed E-state index contributed by atoms with van der Waals surface area (Å²) in [4.78, 5) is 14.8. The number of H-pyrrole nitrogens is 1. The lowest BCUT2D eigenvalue weighted by Crippen LogP contribution is -2.55. The van der Waals surface area contributed by atoms with Crippen LogP contribution in [-0.4, -0.2) is 46.3 Å². The highest BCUT2D eigenvalue weighted by Crippen LogP contribution is 2.42. The van der Waals surface area contributed by atoms with Crippen LogP contribution >= 0.6 is 0 Å². The Morgan fingerprint density at radius 2 is 2.10 bits per heavy atom. The van der Waals surface area contributed by atoms with Crippen LogP contribution in [0.4, 0.5) is 5.69 Å². The molecule has 1 aromatic heterocycles. The molecule has 3 aliphatic rings. The second kappa shape index (κ2) is 5.02. The summed E-state index contributed by atoms with van der Waals surface area (Å²) in [5, 5.41) is 7.18. The molecule has 3 fully saturated rings. The third-order valence-corrected chi connectivity index (χ3v) is 5.01. The Morgan fingerprint density at radius 1 is 1.29 bits per heavy atom. The van der Waals surface area contributed by atoms with Gasteiger partial charge in [0.2, 0.25) is 0 Å². The summed E-state index contributed by atoms with van der Waals surface area (Å²) in [6, 6.07) is 0.195. The van der Waals surface area contributed by atoms with E-state index in [0.29, 0.717) is 30.5 Å². The number of carbonyl (C=O) groups is 1. The number of carbonyl (C=O) groups excluding carboxylic acids is 1. The topological polar surface area (TPSA) is 84.2 Å². The maximum atomic E-state index is 12.8.